The second kappa shape index (κ2) is 242. The molecule has 80 valence electrons. The van der Waals surface area contributed by atoms with Crippen molar-refractivity contribution in [2.24, 2.45) is 0 Å². The van der Waals surface area contributed by atoms with E-state index >= 15 is 0 Å². The molecule has 0 saturated carbocycles. The van der Waals surface area contributed by atoms with Gasteiger partial charge in [-0.1, -0.05) is 0 Å². The minimum atomic E-state index is 0. The van der Waals surface area contributed by atoms with E-state index in [0.717, 1.165) is 0 Å². The molecule has 0 heterocycles. The Kier molecular flexibility index (Phi) is 5460. The van der Waals surface area contributed by atoms with E-state index in [9.17, 15) is 0 Å². The first-order valence-corrected chi connectivity index (χ1v) is 0. The minimum absolute atomic E-state index is 0. The maximum absolute atomic E-state index is 0. The fourth-order valence-corrected chi connectivity index (χ4v) is 0. The molecule has 0 unspecified atom stereocenters. The normalized spacial score (nSPS) is 0. The molecule has 0 saturated heterocycles. The second-order valence-corrected chi connectivity index (χ2v) is 0. The first-order valence-electron chi connectivity index (χ1n) is 0. The summed E-state index contributed by atoms with van der Waals surface area (Å²) in [6.07, 6.45) is 0. The number of hydrogen-bond donors (Lipinski definition) is 0. The summed E-state index contributed by atoms with van der Waals surface area (Å²) in [5, 5.41) is 0. The van der Waals surface area contributed by atoms with Gasteiger partial charge in [0.05, 0.1) is 0 Å². The fourth-order valence-electron chi connectivity index (χ4n) is 0. The third kappa shape index (κ3) is 210. The van der Waals surface area contributed by atoms with Gasteiger partial charge in [-0.3, -0.25) is 0 Å². The van der Waals surface area contributed by atoms with Crippen molar-refractivity contribution in [2.45, 2.75) is 0 Å². The van der Waals surface area contributed by atoms with Crippen molar-refractivity contribution >= 4 is 48.9 Å². The topological polar surface area (TPSA) is 200 Å². The Morgan fingerprint density at radius 2 is 0.308 bits per heavy atom. The number of rotatable bonds is 0. The predicted molar refractivity (Wildman–Crippen MR) is 16.3 cm³/mol. The average Bonchev–Trinajstić information content (AvgIpc) is 0. The van der Waals surface area contributed by atoms with Crippen LogP contribution in [0.3, 0.4) is 0 Å². The molecule has 0 aliphatic heterocycles. The molecule has 0 amide bonds. The van der Waals surface area contributed by atoms with E-state index in [4.69, 9.17) is 0 Å². The molecule has 0 aromatic rings. The summed E-state index contributed by atoms with van der Waals surface area (Å²) in [5.41, 5.74) is 0. The molecule has 13 heteroatoms. The van der Waals surface area contributed by atoms with Gasteiger partial charge in [-0.05, 0) is 0 Å². The smallest absolute Gasteiger partial charge is 2.00 e. The molecule has 13 heavy (non-hydrogen) atoms. The summed E-state index contributed by atoms with van der Waals surface area (Å²) in [5.74, 6) is 0. The van der Waals surface area contributed by atoms with Crippen LogP contribution in [0.25, 0.3) is 0 Å². The Hall–Kier alpha value is 3.77. The van der Waals surface area contributed by atoms with Gasteiger partial charge in [-0.15, -0.1) is 0 Å². The Morgan fingerprint density at radius 3 is 0.308 bits per heavy atom. The first-order chi connectivity index (χ1) is 0. The molecular formula is Ni2O7Sb2Ti2. The van der Waals surface area contributed by atoms with Crippen LogP contribution in [0.2, 0.25) is 0 Å². The molecule has 0 fully saturated rings. The van der Waals surface area contributed by atoms with Gasteiger partial charge >= 0.3 is 92.3 Å². The largest absolute Gasteiger partial charge is 4.00 e. The zero-order valence-electron chi connectivity index (χ0n) is 5.38. The molecule has 0 atom stereocenters. The van der Waals surface area contributed by atoms with E-state index in [0.29, 0.717) is 0 Å². The van der Waals surface area contributed by atoms with Crippen molar-refractivity contribution < 1.29 is 115 Å². The average molecular weight is 569 g/mol. The van der Waals surface area contributed by atoms with Gasteiger partial charge in [-0.2, -0.15) is 0 Å². The summed E-state index contributed by atoms with van der Waals surface area (Å²) in [6.45, 7) is 0. The van der Waals surface area contributed by atoms with Crippen LogP contribution in [0.15, 0.2) is 0 Å². The Balaban J connectivity index is 0. The minimum Gasteiger partial charge on any atom is -2.00 e. The monoisotopic (exact) mass is 566 g/mol. The van der Waals surface area contributed by atoms with Crippen LogP contribution in [-0.4, -0.2) is 48.9 Å². The third-order valence-corrected chi connectivity index (χ3v) is 0. The molecule has 0 bridgehead atoms. The van der Waals surface area contributed by atoms with Gasteiger partial charge in [0.2, 0.25) is 0 Å². The molecule has 4 radical (unpaired) electrons. The Labute approximate surface area is 161 Å². The van der Waals surface area contributed by atoms with Crippen molar-refractivity contribution in [1.82, 2.24) is 0 Å². The standard InChI is InChI=1S/2Ni.7O.2Sb.2Ti/q;;7*-2;2*+3;2*+4. The van der Waals surface area contributed by atoms with E-state index in [2.05, 4.69) is 0 Å². The molecule has 0 aromatic carbocycles. The van der Waals surface area contributed by atoms with Gasteiger partial charge in [0, 0.05) is 33.0 Å². The summed E-state index contributed by atoms with van der Waals surface area (Å²) in [7, 11) is 0. The van der Waals surface area contributed by atoms with Crippen LogP contribution in [0, 0.1) is 0 Å². The van der Waals surface area contributed by atoms with Gasteiger partial charge in [0.15, 0.2) is 0 Å². The maximum Gasteiger partial charge on any atom is 4.00 e. The predicted octanol–water partition coefficient (Wildman–Crippen LogP) is -1.60. The molecule has 0 spiro atoms. The quantitative estimate of drug-likeness (QED) is 0.303. The summed E-state index contributed by atoms with van der Waals surface area (Å²) in [4.78, 5) is 0. The molecular weight excluding hydrogens is 569 g/mol. The van der Waals surface area contributed by atoms with Crippen LogP contribution >= 0.6 is 0 Å². The maximum atomic E-state index is 0. The van der Waals surface area contributed by atoms with E-state index in [1.807, 2.05) is 0 Å². The second-order valence-electron chi connectivity index (χ2n) is 0. The van der Waals surface area contributed by atoms with Gasteiger partial charge < -0.3 is 38.3 Å². The van der Waals surface area contributed by atoms with Crippen molar-refractivity contribution in [3.63, 3.8) is 0 Å². The summed E-state index contributed by atoms with van der Waals surface area (Å²) >= 11 is 0. The van der Waals surface area contributed by atoms with Gasteiger partial charge in [-0.25, -0.2) is 0 Å². The van der Waals surface area contributed by atoms with Crippen molar-refractivity contribution in [3.05, 3.63) is 0 Å². The SMILES string of the molecule is [Ni].[Ni].[O-2].[O-2].[O-2].[O-2].[O-2].[O-2].[O-2].[Sb+3].[Sb+3].[Ti+4].[Ti+4]. The van der Waals surface area contributed by atoms with Crippen LogP contribution < -0.4 is 0 Å². The van der Waals surface area contributed by atoms with Crippen molar-refractivity contribution in [2.75, 3.05) is 0 Å². The zero-order chi connectivity index (χ0) is 0. The molecule has 0 aliphatic carbocycles. The van der Waals surface area contributed by atoms with E-state index in [1.165, 1.54) is 0 Å². The molecule has 0 aromatic heterocycles. The third-order valence-electron chi connectivity index (χ3n) is 0. The van der Waals surface area contributed by atoms with Gasteiger partial charge in [0.1, 0.15) is 0 Å². The van der Waals surface area contributed by atoms with E-state index in [1.54, 1.807) is 0 Å². The molecule has 7 nitrogen and oxygen atoms in total. The van der Waals surface area contributed by atoms with E-state index < -0.39 is 0 Å². The Morgan fingerprint density at radius 1 is 0.308 bits per heavy atom. The fraction of sp³-hybridized carbons (Fsp3) is 0. The summed E-state index contributed by atoms with van der Waals surface area (Å²) < 4.78 is 0. The Bertz CT molecular complexity index is 22.5. The van der Waals surface area contributed by atoms with Crippen LogP contribution in [0.1, 0.15) is 0 Å². The summed E-state index contributed by atoms with van der Waals surface area (Å²) in [6, 6.07) is 0. The van der Waals surface area contributed by atoms with Gasteiger partial charge in [0.25, 0.3) is 0 Å². The molecule has 0 rings (SSSR count). The van der Waals surface area contributed by atoms with Crippen LogP contribution in [0.4, 0.5) is 0 Å². The first kappa shape index (κ1) is 293. The van der Waals surface area contributed by atoms with Crippen LogP contribution in [-0.2, 0) is 115 Å². The van der Waals surface area contributed by atoms with Crippen molar-refractivity contribution in [1.29, 1.82) is 0 Å². The zero-order valence-corrected chi connectivity index (χ0v) is 15.6. The molecule has 0 N–H and O–H groups in total. The number of hydrogen-bond acceptors (Lipinski definition) is 0. The van der Waals surface area contributed by atoms with Crippen LogP contribution in [0.5, 0.6) is 0 Å². The van der Waals surface area contributed by atoms with Crippen molar-refractivity contribution in [3.8, 4) is 0 Å². The molecule has 0 aliphatic rings. The van der Waals surface area contributed by atoms with E-state index in [-0.39, 0.29) is 164 Å².